The number of aliphatic imine (C=N–C) groups is 1. The summed E-state index contributed by atoms with van der Waals surface area (Å²) in [6, 6.07) is 22.0. The minimum atomic E-state index is -0.362. The first-order chi connectivity index (χ1) is 15.1. The molecule has 0 saturated carbocycles. The first-order valence-corrected chi connectivity index (χ1v) is 10.9. The van der Waals surface area contributed by atoms with Crippen molar-refractivity contribution in [1.29, 1.82) is 0 Å². The van der Waals surface area contributed by atoms with Crippen molar-refractivity contribution in [3.05, 3.63) is 102 Å². The molecule has 3 nitrogen and oxygen atoms in total. The molecule has 3 rings (SSSR count). The van der Waals surface area contributed by atoms with Gasteiger partial charge in [0.15, 0.2) is 0 Å². The monoisotopic (exact) mass is 427 g/mol. The van der Waals surface area contributed by atoms with Crippen LogP contribution >= 0.6 is 0 Å². The zero-order chi connectivity index (χ0) is 23.4. The molecule has 0 radical (unpaired) electrons. The Morgan fingerprint density at radius 1 is 0.906 bits per heavy atom. The van der Waals surface area contributed by atoms with Crippen molar-refractivity contribution in [2.75, 3.05) is 6.61 Å². The average Bonchev–Trinajstić information content (AvgIpc) is 2.77. The molecule has 0 saturated heterocycles. The summed E-state index contributed by atoms with van der Waals surface area (Å²) >= 11 is 0. The van der Waals surface area contributed by atoms with Crippen LogP contribution in [-0.4, -0.2) is 17.9 Å². The van der Waals surface area contributed by atoms with E-state index >= 15 is 0 Å². The molecule has 0 amide bonds. The zero-order valence-corrected chi connectivity index (χ0v) is 19.7. The molecule has 0 spiro atoms. The molecule has 0 bridgehead atoms. The normalized spacial score (nSPS) is 12.2. The fourth-order valence-electron chi connectivity index (χ4n) is 3.60. The van der Waals surface area contributed by atoms with E-state index in [9.17, 15) is 5.11 Å². The van der Waals surface area contributed by atoms with Gasteiger partial charge in [-0.25, -0.2) is 0 Å². The lowest BCUT2D eigenvalue weighted by molar-refractivity contribution is 0.363. The average molecular weight is 428 g/mol. The Morgan fingerprint density at radius 3 is 2.16 bits per heavy atom. The summed E-state index contributed by atoms with van der Waals surface area (Å²) in [4.78, 5) is 4.62. The van der Waals surface area contributed by atoms with E-state index in [0.717, 1.165) is 28.1 Å². The number of hydrogen-bond donors (Lipinski definition) is 1. The van der Waals surface area contributed by atoms with Gasteiger partial charge in [-0.1, -0.05) is 83.7 Å². The van der Waals surface area contributed by atoms with E-state index in [-0.39, 0.29) is 16.6 Å². The lowest BCUT2D eigenvalue weighted by Crippen LogP contribution is -2.21. The Labute approximate surface area is 192 Å². The number of nitrogens with zero attached hydrogens (tertiary/aromatic N) is 1. The lowest BCUT2D eigenvalue weighted by Gasteiger charge is -2.30. The van der Waals surface area contributed by atoms with Gasteiger partial charge in [0.25, 0.3) is 0 Å². The van der Waals surface area contributed by atoms with E-state index in [1.165, 1.54) is 0 Å². The molecule has 0 aliphatic rings. The summed E-state index contributed by atoms with van der Waals surface area (Å²) in [5.74, 6) is 1.04. The highest BCUT2D eigenvalue weighted by Gasteiger charge is 2.29. The molecular formula is C29H33NO2. The van der Waals surface area contributed by atoms with E-state index in [0.29, 0.717) is 12.2 Å². The van der Waals surface area contributed by atoms with Gasteiger partial charge in [0.05, 0.1) is 5.69 Å². The smallest absolute Gasteiger partial charge is 0.128 e. The van der Waals surface area contributed by atoms with E-state index in [1.807, 2.05) is 48.5 Å². The summed E-state index contributed by atoms with van der Waals surface area (Å²) in [6.45, 7) is 15.0. The third-order valence-electron chi connectivity index (χ3n) is 5.73. The van der Waals surface area contributed by atoms with Gasteiger partial charge in [-0.15, -0.1) is 0 Å². The van der Waals surface area contributed by atoms with Gasteiger partial charge in [0.1, 0.15) is 18.1 Å². The van der Waals surface area contributed by atoms with Gasteiger partial charge in [0, 0.05) is 22.8 Å². The molecule has 1 N–H and O–H groups in total. The SMILES string of the molecule is C=CCOc1ccc(N=Cc2cc(C(C)(C)C)cc(C(C)(C)c3ccccc3)c2O)cc1. The highest BCUT2D eigenvalue weighted by atomic mass is 16.5. The molecule has 3 aromatic carbocycles. The Hall–Kier alpha value is -3.33. The van der Waals surface area contributed by atoms with E-state index < -0.39 is 0 Å². The second kappa shape index (κ2) is 9.44. The largest absolute Gasteiger partial charge is 0.507 e. The number of hydrogen-bond acceptors (Lipinski definition) is 3. The summed E-state index contributed by atoms with van der Waals surface area (Å²) in [5.41, 5.74) is 4.28. The van der Waals surface area contributed by atoms with E-state index in [2.05, 4.69) is 64.4 Å². The maximum Gasteiger partial charge on any atom is 0.128 e. The molecule has 0 aromatic heterocycles. The summed E-state index contributed by atoms with van der Waals surface area (Å²) in [7, 11) is 0. The van der Waals surface area contributed by atoms with Crippen LogP contribution in [0.4, 0.5) is 5.69 Å². The fraction of sp³-hybridized carbons (Fsp3) is 0.276. The van der Waals surface area contributed by atoms with Crippen LogP contribution in [0.1, 0.15) is 56.9 Å². The molecule has 0 heterocycles. The number of phenols is 1. The Morgan fingerprint density at radius 2 is 1.56 bits per heavy atom. The minimum absolute atomic E-state index is 0.0675. The van der Waals surface area contributed by atoms with E-state index in [4.69, 9.17) is 4.74 Å². The predicted molar refractivity (Wildman–Crippen MR) is 135 cm³/mol. The Bertz CT molecular complexity index is 1090. The van der Waals surface area contributed by atoms with Crippen molar-refractivity contribution in [1.82, 2.24) is 0 Å². The molecular weight excluding hydrogens is 394 g/mol. The first-order valence-electron chi connectivity index (χ1n) is 10.9. The third kappa shape index (κ3) is 5.28. The van der Waals surface area contributed by atoms with Crippen molar-refractivity contribution in [3.63, 3.8) is 0 Å². The number of phenolic OH excluding ortho intramolecular Hbond substituents is 1. The zero-order valence-electron chi connectivity index (χ0n) is 19.7. The highest BCUT2D eigenvalue weighted by Crippen LogP contribution is 2.41. The van der Waals surface area contributed by atoms with Crippen LogP contribution in [-0.2, 0) is 10.8 Å². The van der Waals surface area contributed by atoms with Crippen LogP contribution in [0.15, 0.2) is 84.4 Å². The molecule has 0 unspecified atom stereocenters. The van der Waals surface area contributed by atoms with Gasteiger partial charge in [-0.3, -0.25) is 4.99 Å². The molecule has 0 aliphatic carbocycles. The predicted octanol–water partition coefficient (Wildman–Crippen LogP) is 7.33. The maximum absolute atomic E-state index is 11.3. The second-order valence-corrected chi connectivity index (χ2v) is 9.55. The molecule has 0 aliphatic heterocycles. The maximum atomic E-state index is 11.3. The van der Waals surface area contributed by atoms with Crippen molar-refractivity contribution in [3.8, 4) is 11.5 Å². The summed E-state index contributed by atoms with van der Waals surface area (Å²) in [5, 5.41) is 11.3. The molecule has 3 aromatic rings. The van der Waals surface area contributed by atoms with Crippen LogP contribution in [0.5, 0.6) is 11.5 Å². The number of rotatable bonds is 7. The molecule has 166 valence electrons. The van der Waals surface area contributed by atoms with Crippen LogP contribution in [0.3, 0.4) is 0 Å². The quantitative estimate of drug-likeness (QED) is 0.317. The first kappa shape index (κ1) is 23.3. The topological polar surface area (TPSA) is 41.8 Å². The van der Waals surface area contributed by atoms with Crippen molar-refractivity contribution >= 4 is 11.9 Å². The van der Waals surface area contributed by atoms with Crippen LogP contribution < -0.4 is 4.74 Å². The van der Waals surface area contributed by atoms with Crippen molar-refractivity contribution < 1.29 is 9.84 Å². The highest BCUT2D eigenvalue weighted by molar-refractivity contribution is 5.87. The lowest BCUT2D eigenvalue weighted by atomic mass is 9.74. The standard InChI is InChI=1S/C29H33NO2/c1-7-17-32-25-15-13-24(14-16-25)30-20-21-18-23(28(2,3)4)19-26(27(21)31)29(5,6)22-11-9-8-10-12-22/h7-16,18-20,31H,1,17H2,2-6H3. The van der Waals surface area contributed by atoms with Crippen LogP contribution in [0.25, 0.3) is 0 Å². The van der Waals surface area contributed by atoms with Gasteiger partial charge in [-0.05, 0) is 46.9 Å². The second-order valence-electron chi connectivity index (χ2n) is 9.55. The van der Waals surface area contributed by atoms with E-state index in [1.54, 1.807) is 12.3 Å². The van der Waals surface area contributed by atoms with Crippen molar-refractivity contribution in [2.24, 2.45) is 4.99 Å². The summed E-state index contributed by atoms with van der Waals surface area (Å²) < 4.78 is 5.53. The van der Waals surface area contributed by atoms with Gasteiger partial charge >= 0.3 is 0 Å². The van der Waals surface area contributed by atoms with Crippen molar-refractivity contribution in [2.45, 2.75) is 45.4 Å². The summed E-state index contributed by atoms with van der Waals surface area (Å²) in [6.07, 6.45) is 3.46. The van der Waals surface area contributed by atoms with Crippen LogP contribution in [0.2, 0.25) is 0 Å². The molecule has 3 heteroatoms. The Kier molecular flexibility index (Phi) is 6.88. The Balaban J connectivity index is 2.03. The molecule has 0 fully saturated rings. The fourth-order valence-corrected chi connectivity index (χ4v) is 3.60. The molecule has 32 heavy (non-hydrogen) atoms. The van der Waals surface area contributed by atoms with Gasteiger partial charge in [0.2, 0.25) is 0 Å². The number of aromatic hydroxyl groups is 1. The number of ether oxygens (including phenoxy) is 1. The number of benzene rings is 3. The van der Waals surface area contributed by atoms with Crippen LogP contribution in [0, 0.1) is 0 Å². The third-order valence-corrected chi connectivity index (χ3v) is 5.73. The van der Waals surface area contributed by atoms with Gasteiger partial charge in [-0.2, -0.15) is 0 Å². The minimum Gasteiger partial charge on any atom is -0.507 e. The molecule has 0 atom stereocenters. The van der Waals surface area contributed by atoms with Gasteiger partial charge < -0.3 is 9.84 Å².